The Morgan fingerprint density at radius 1 is 1.19 bits per heavy atom. The van der Waals surface area contributed by atoms with Crippen LogP contribution in [-0.4, -0.2) is 33.7 Å². The Labute approximate surface area is 189 Å². The molecule has 0 heterocycles. The molecule has 0 aliphatic heterocycles. The van der Waals surface area contributed by atoms with E-state index >= 15 is 0 Å². The standard InChI is InChI=1S/C23H29ClN2O4S/c1-5-20(26(31(4,28)29)21-14-19(24)11-12-22(21)30-3)23(27)25-15(2)17-10-9-16-7-6-8-18(16)13-17/h9-15,20H,5-8H2,1-4H3,(H,25,27)/t15-,20+/m1/s1. The van der Waals surface area contributed by atoms with Crippen molar-refractivity contribution in [2.24, 2.45) is 0 Å². The smallest absolute Gasteiger partial charge is 0.244 e. The number of aryl methyl sites for hydroxylation is 2. The van der Waals surface area contributed by atoms with Crippen LogP contribution in [0.2, 0.25) is 5.02 Å². The molecule has 0 bridgehead atoms. The number of amides is 1. The Morgan fingerprint density at radius 3 is 2.55 bits per heavy atom. The molecule has 6 nitrogen and oxygen atoms in total. The van der Waals surface area contributed by atoms with Gasteiger partial charge in [-0.25, -0.2) is 8.42 Å². The molecule has 0 radical (unpaired) electrons. The fraction of sp³-hybridized carbons (Fsp3) is 0.435. The lowest BCUT2D eigenvalue weighted by molar-refractivity contribution is -0.122. The number of carbonyl (C=O) groups is 1. The summed E-state index contributed by atoms with van der Waals surface area (Å²) in [6.45, 7) is 3.69. The maximum Gasteiger partial charge on any atom is 0.244 e. The minimum atomic E-state index is -3.80. The van der Waals surface area contributed by atoms with Gasteiger partial charge in [-0.15, -0.1) is 0 Å². The number of halogens is 1. The molecule has 1 aliphatic carbocycles. The van der Waals surface area contributed by atoms with Crippen molar-refractivity contribution in [1.82, 2.24) is 5.32 Å². The van der Waals surface area contributed by atoms with Gasteiger partial charge in [-0.3, -0.25) is 9.10 Å². The average molecular weight is 465 g/mol. The molecule has 0 aromatic heterocycles. The summed E-state index contributed by atoms with van der Waals surface area (Å²) < 4.78 is 31.9. The third-order valence-corrected chi connectivity index (χ3v) is 7.09. The van der Waals surface area contributed by atoms with Gasteiger partial charge in [0.1, 0.15) is 11.8 Å². The molecule has 0 saturated carbocycles. The zero-order chi connectivity index (χ0) is 22.8. The molecule has 1 N–H and O–H groups in total. The molecule has 2 atom stereocenters. The van der Waals surface area contributed by atoms with Crippen molar-refractivity contribution >= 4 is 33.2 Å². The zero-order valence-corrected chi connectivity index (χ0v) is 19.9. The molecule has 8 heteroatoms. The number of sulfonamides is 1. The van der Waals surface area contributed by atoms with Crippen molar-refractivity contribution < 1.29 is 17.9 Å². The van der Waals surface area contributed by atoms with E-state index in [1.165, 1.54) is 24.3 Å². The van der Waals surface area contributed by atoms with E-state index in [0.717, 1.165) is 35.4 Å². The van der Waals surface area contributed by atoms with Gasteiger partial charge in [0.15, 0.2) is 0 Å². The van der Waals surface area contributed by atoms with Crippen LogP contribution in [0.15, 0.2) is 36.4 Å². The van der Waals surface area contributed by atoms with Gasteiger partial charge in [-0.1, -0.05) is 36.7 Å². The molecule has 31 heavy (non-hydrogen) atoms. The number of benzene rings is 2. The number of methoxy groups -OCH3 is 1. The Bertz CT molecular complexity index is 1070. The Hall–Kier alpha value is -2.25. The van der Waals surface area contributed by atoms with Crippen molar-refractivity contribution in [1.29, 1.82) is 0 Å². The first-order chi connectivity index (χ1) is 14.7. The fourth-order valence-electron chi connectivity index (χ4n) is 4.12. The Morgan fingerprint density at radius 2 is 1.90 bits per heavy atom. The van der Waals surface area contributed by atoms with E-state index in [1.807, 2.05) is 13.0 Å². The first-order valence-electron chi connectivity index (χ1n) is 10.4. The normalized spacial score (nSPS) is 15.1. The van der Waals surface area contributed by atoms with Crippen LogP contribution in [0.5, 0.6) is 5.75 Å². The Balaban J connectivity index is 1.90. The average Bonchev–Trinajstić information content (AvgIpc) is 3.18. The predicted octanol–water partition coefficient (Wildman–Crippen LogP) is 4.26. The van der Waals surface area contributed by atoms with Crippen LogP contribution in [0.1, 0.15) is 49.4 Å². The fourth-order valence-corrected chi connectivity index (χ4v) is 5.50. The highest BCUT2D eigenvalue weighted by atomic mass is 35.5. The number of nitrogens with one attached hydrogen (secondary N) is 1. The minimum Gasteiger partial charge on any atom is -0.495 e. The second kappa shape index (κ2) is 9.49. The molecule has 3 rings (SSSR count). The number of fused-ring (bicyclic) bond motifs is 1. The van der Waals surface area contributed by atoms with E-state index in [1.54, 1.807) is 19.1 Å². The van der Waals surface area contributed by atoms with Gasteiger partial charge in [0.05, 0.1) is 25.1 Å². The number of rotatable bonds is 8. The maximum atomic E-state index is 13.2. The van der Waals surface area contributed by atoms with Gasteiger partial charge in [0.2, 0.25) is 15.9 Å². The van der Waals surface area contributed by atoms with Gasteiger partial charge >= 0.3 is 0 Å². The van der Waals surface area contributed by atoms with E-state index in [-0.39, 0.29) is 24.1 Å². The second-order valence-corrected chi connectivity index (χ2v) is 10.2. The van der Waals surface area contributed by atoms with Gasteiger partial charge in [-0.2, -0.15) is 0 Å². The molecule has 0 fully saturated rings. The van der Waals surface area contributed by atoms with E-state index in [2.05, 4.69) is 17.4 Å². The van der Waals surface area contributed by atoms with Crippen LogP contribution in [-0.2, 0) is 27.7 Å². The molecule has 2 aromatic rings. The van der Waals surface area contributed by atoms with E-state index in [9.17, 15) is 13.2 Å². The summed E-state index contributed by atoms with van der Waals surface area (Å²) in [6, 6.07) is 9.80. The highest BCUT2D eigenvalue weighted by Crippen LogP contribution is 2.35. The molecule has 2 aromatic carbocycles. The number of hydrogen-bond donors (Lipinski definition) is 1. The van der Waals surface area contributed by atoms with E-state index in [0.29, 0.717) is 10.8 Å². The van der Waals surface area contributed by atoms with Crippen molar-refractivity contribution in [2.75, 3.05) is 17.7 Å². The summed E-state index contributed by atoms with van der Waals surface area (Å²) in [6.07, 6.45) is 4.66. The number of carbonyl (C=O) groups excluding carboxylic acids is 1. The Kier molecular flexibility index (Phi) is 7.17. The van der Waals surface area contributed by atoms with Crippen LogP contribution in [0.25, 0.3) is 0 Å². The van der Waals surface area contributed by atoms with Crippen LogP contribution < -0.4 is 14.4 Å². The van der Waals surface area contributed by atoms with Gasteiger partial charge in [-0.05, 0) is 67.5 Å². The van der Waals surface area contributed by atoms with Gasteiger partial charge in [0.25, 0.3) is 0 Å². The SMILES string of the molecule is CC[C@@H](C(=O)N[C@H](C)c1ccc2c(c1)CCC2)N(c1cc(Cl)ccc1OC)S(C)(=O)=O. The number of hydrogen-bond acceptors (Lipinski definition) is 4. The monoisotopic (exact) mass is 464 g/mol. The summed E-state index contributed by atoms with van der Waals surface area (Å²) in [7, 11) is -2.35. The molecule has 1 amide bonds. The van der Waals surface area contributed by atoms with Crippen LogP contribution >= 0.6 is 11.6 Å². The third-order valence-electron chi connectivity index (χ3n) is 5.69. The van der Waals surface area contributed by atoms with E-state index in [4.69, 9.17) is 16.3 Å². The highest BCUT2D eigenvalue weighted by Gasteiger charge is 2.34. The van der Waals surface area contributed by atoms with Crippen LogP contribution in [0, 0.1) is 0 Å². The molecule has 0 unspecified atom stereocenters. The summed E-state index contributed by atoms with van der Waals surface area (Å²) in [5, 5.41) is 3.35. The summed E-state index contributed by atoms with van der Waals surface area (Å²) in [4.78, 5) is 13.2. The van der Waals surface area contributed by atoms with E-state index < -0.39 is 16.1 Å². The summed E-state index contributed by atoms with van der Waals surface area (Å²) in [5.41, 5.74) is 3.94. The molecular formula is C23H29ClN2O4S. The van der Waals surface area contributed by atoms with Crippen molar-refractivity contribution in [3.8, 4) is 5.75 Å². The number of ether oxygens (including phenoxy) is 1. The molecule has 0 saturated heterocycles. The second-order valence-electron chi connectivity index (χ2n) is 7.91. The zero-order valence-electron chi connectivity index (χ0n) is 18.3. The van der Waals surface area contributed by atoms with Crippen molar-refractivity contribution in [3.05, 3.63) is 58.1 Å². The van der Waals surface area contributed by atoms with Gasteiger partial charge in [0, 0.05) is 5.02 Å². The predicted molar refractivity (Wildman–Crippen MR) is 124 cm³/mol. The number of nitrogens with zero attached hydrogens (tertiary/aromatic N) is 1. The molecule has 168 valence electrons. The molecule has 1 aliphatic rings. The lowest BCUT2D eigenvalue weighted by Crippen LogP contribution is -2.49. The third kappa shape index (κ3) is 5.15. The topological polar surface area (TPSA) is 75.7 Å². The minimum absolute atomic E-state index is 0.240. The summed E-state index contributed by atoms with van der Waals surface area (Å²) in [5.74, 6) is -0.0457. The quantitative estimate of drug-likeness (QED) is 0.633. The van der Waals surface area contributed by atoms with Gasteiger partial charge < -0.3 is 10.1 Å². The lowest BCUT2D eigenvalue weighted by Gasteiger charge is -2.32. The van der Waals surface area contributed by atoms with Crippen LogP contribution in [0.4, 0.5) is 5.69 Å². The van der Waals surface area contributed by atoms with Crippen molar-refractivity contribution in [3.63, 3.8) is 0 Å². The molecule has 0 spiro atoms. The van der Waals surface area contributed by atoms with Crippen LogP contribution in [0.3, 0.4) is 0 Å². The molecular weight excluding hydrogens is 436 g/mol. The maximum absolute atomic E-state index is 13.2. The van der Waals surface area contributed by atoms with Crippen molar-refractivity contribution in [2.45, 2.75) is 51.6 Å². The summed E-state index contributed by atoms with van der Waals surface area (Å²) >= 11 is 6.13. The largest absolute Gasteiger partial charge is 0.495 e. The number of anilines is 1. The highest BCUT2D eigenvalue weighted by molar-refractivity contribution is 7.92. The first-order valence-corrected chi connectivity index (χ1v) is 12.6. The lowest BCUT2D eigenvalue weighted by atomic mass is 10.0. The first kappa shape index (κ1) is 23.4.